The van der Waals surface area contributed by atoms with Gasteiger partial charge in [0.25, 0.3) is 0 Å². The third-order valence-corrected chi connectivity index (χ3v) is 3.58. The maximum Gasteiger partial charge on any atom is 0.341 e. The van der Waals surface area contributed by atoms with Gasteiger partial charge in [-0.1, -0.05) is 11.8 Å². The SMILES string of the molecule is CC(=O)SC1CC(=O)N(c2ncncc2C(=O)O)C1. The van der Waals surface area contributed by atoms with E-state index in [1.54, 1.807) is 0 Å². The lowest BCUT2D eigenvalue weighted by Gasteiger charge is -2.16. The first-order valence-corrected chi connectivity index (χ1v) is 6.38. The van der Waals surface area contributed by atoms with Gasteiger partial charge in [0, 0.05) is 31.3 Å². The zero-order valence-electron chi connectivity index (χ0n) is 10.1. The summed E-state index contributed by atoms with van der Waals surface area (Å²) in [5, 5.41) is 8.81. The van der Waals surface area contributed by atoms with E-state index in [1.165, 1.54) is 18.2 Å². The van der Waals surface area contributed by atoms with Crippen LogP contribution in [0.25, 0.3) is 0 Å². The molecule has 1 aromatic rings. The van der Waals surface area contributed by atoms with Gasteiger partial charge in [-0.15, -0.1) is 0 Å². The van der Waals surface area contributed by atoms with Gasteiger partial charge in [-0.3, -0.25) is 14.5 Å². The molecule has 2 heterocycles. The Morgan fingerprint density at radius 2 is 2.26 bits per heavy atom. The first kappa shape index (κ1) is 13.5. The number of carbonyl (C=O) groups is 3. The summed E-state index contributed by atoms with van der Waals surface area (Å²) in [5.41, 5.74) is -0.121. The van der Waals surface area contributed by atoms with Gasteiger partial charge in [0.15, 0.2) is 10.9 Å². The van der Waals surface area contributed by atoms with E-state index in [-0.39, 0.29) is 40.6 Å². The monoisotopic (exact) mass is 281 g/mol. The fourth-order valence-electron chi connectivity index (χ4n) is 1.88. The van der Waals surface area contributed by atoms with Crippen LogP contribution in [0.2, 0.25) is 0 Å². The van der Waals surface area contributed by atoms with E-state index in [1.807, 2.05) is 0 Å². The van der Waals surface area contributed by atoms with E-state index in [4.69, 9.17) is 5.11 Å². The molecular formula is C11H11N3O4S. The molecule has 1 aliphatic heterocycles. The number of thioether (sulfide) groups is 1. The van der Waals surface area contributed by atoms with Crippen LogP contribution in [0.5, 0.6) is 0 Å². The molecule has 19 heavy (non-hydrogen) atoms. The Kier molecular flexibility index (Phi) is 3.79. The molecule has 1 amide bonds. The van der Waals surface area contributed by atoms with Crippen LogP contribution in [-0.4, -0.2) is 43.9 Å². The predicted octanol–water partition coefficient (Wildman–Crippen LogP) is 0.560. The summed E-state index contributed by atoms with van der Waals surface area (Å²) in [6.07, 6.45) is 2.55. The average molecular weight is 281 g/mol. The molecule has 1 aromatic heterocycles. The summed E-state index contributed by atoms with van der Waals surface area (Å²) < 4.78 is 0. The smallest absolute Gasteiger partial charge is 0.341 e. The lowest BCUT2D eigenvalue weighted by atomic mass is 10.3. The minimum absolute atomic E-state index is 0.0687. The summed E-state index contributed by atoms with van der Waals surface area (Å²) >= 11 is 1.09. The predicted molar refractivity (Wildman–Crippen MR) is 68.0 cm³/mol. The van der Waals surface area contributed by atoms with E-state index in [9.17, 15) is 14.4 Å². The molecular weight excluding hydrogens is 270 g/mol. The van der Waals surface area contributed by atoms with Crippen LogP contribution in [0.1, 0.15) is 23.7 Å². The first-order chi connectivity index (χ1) is 8.99. The van der Waals surface area contributed by atoms with Gasteiger partial charge in [-0.05, 0) is 0 Å². The average Bonchev–Trinajstić information content (AvgIpc) is 2.69. The quantitative estimate of drug-likeness (QED) is 0.863. The van der Waals surface area contributed by atoms with Gasteiger partial charge < -0.3 is 5.11 Å². The third-order valence-electron chi connectivity index (χ3n) is 2.60. The van der Waals surface area contributed by atoms with Gasteiger partial charge in [-0.2, -0.15) is 0 Å². The topological polar surface area (TPSA) is 100 Å². The van der Waals surface area contributed by atoms with Gasteiger partial charge >= 0.3 is 5.97 Å². The highest BCUT2D eigenvalue weighted by atomic mass is 32.2. The number of carbonyl (C=O) groups excluding carboxylic acids is 2. The van der Waals surface area contributed by atoms with Crippen molar-refractivity contribution in [2.75, 3.05) is 11.4 Å². The van der Waals surface area contributed by atoms with Crippen molar-refractivity contribution in [2.24, 2.45) is 0 Å². The minimum Gasteiger partial charge on any atom is -0.477 e. The zero-order valence-corrected chi connectivity index (χ0v) is 10.9. The van der Waals surface area contributed by atoms with Crippen LogP contribution in [0.15, 0.2) is 12.5 Å². The highest BCUT2D eigenvalue weighted by molar-refractivity contribution is 8.14. The van der Waals surface area contributed by atoms with E-state index < -0.39 is 5.97 Å². The van der Waals surface area contributed by atoms with Crippen molar-refractivity contribution >= 4 is 34.6 Å². The largest absolute Gasteiger partial charge is 0.477 e. The Morgan fingerprint density at radius 3 is 2.89 bits per heavy atom. The number of aromatic nitrogens is 2. The molecule has 100 valence electrons. The molecule has 1 atom stereocenters. The molecule has 0 radical (unpaired) electrons. The Bertz CT molecular complexity index is 548. The van der Waals surface area contributed by atoms with Crippen molar-refractivity contribution in [3.8, 4) is 0 Å². The number of nitrogens with zero attached hydrogens (tertiary/aromatic N) is 3. The maximum absolute atomic E-state index is 11.9. The second-order valence-corrected chi connectivity index (χ2v) is 5.48. The van der Waals surface area contributed by atoms with Gasteiger partial charge in [0.1, 0.15) is 11.9 Å². The number of amides is 1. The fourth-order valence-corrected chi connectivity index (χ4v) is 2.80. The Hall–Kier alpha value is -1.96. The number of aromatic carboxylic acids is 1. The van der Waals surface area contributed by atoms with E-state index in [2.05, 4.69) is 9.97 Å². The highest BCUT2D eigenvalue weighted by Crippen LogP contribution is 2.28. The molecule has 0 aromatic carbocycles. The Labute approximate surface area is 113 Å². The standard InChI is InChI=1S/C11H11N3O4S/c1-6(15)19-7-2-9(16)14(4-7)10-8(11(17)18)3-12-5-13-10/h3,5,7H,2,4H2,1H3,(H,17,18). The van der Waals surface area contributed by atoms with Crippen LogP contribution < -0.4 is 4.90 Å². The molecule has 8 heteroatoms. The Balaban J connectivity index is 2.26. The van der Waals surface area contributed by atoms with Gasteiger partial charge in [0.2, 0.25) is 5.91 Å². The van der Waals surface area contributed by atoms with Crippen molar-refractivity contribution in [3.63, 3.8) is 0 Å². The molecule has 0 bridgehead atoms. The summed E-state index contributed by atoms with van der Waals surface area (Å²) in [5.74, 6) is -1.34. The number of rotatable bonds is 3. The van der Waals surface area contributed by atoms with Crippen LogP contribution in [0.3, 0.4) is 0 Å². The minimum atomic E-state index is -1.19. The summed E-state index contributed by atoms with van der Waals surface area (Å²) in [4.78, 5) is 42.8. The van der Waals surface area contributed by atoms with Crippen molar-refractivity contribution < 1.29 is 19.5 Å². The third kappa shape index (κ3) is 2.90. The summed E-state index contributed by atoms with van der Waals surface area (Å²) in [6, 6.07) is 0. The van der Waals surface area contributed by atoms with Gasteiger partial charge in [-0.25, -0.2) is 14.8 Å². The van der Waals surface area contributed by atoms with Crippen molar-refractivity contribution in [1.82, 2.24) is 9.97 Å². The number of carboxylic acids is 1. The molecule has 1 N–H and O–H groups in total. The number of hydrogen-bond acceptors (Lipinski definition) is 6. The number of anilines is 1. The normalized spacial score (nSPS) is 18.7. The second kappa shape index (κ2) is 5.35. The lowest BCUT2D eigenvalue weighted by Crippen LogP contribution is -2.28. The van der Waals surface area contributed by atoms with Crippen LogP contribution in [-0.2, 0) is 9.59 Å². The van der Waals surface area contributed by atoms with Crippen LogP contribution in [0.4, 0.5) is 5.82 Å². The first-order valence-electron chi connectivity index (χ1n) is 5.50. The van der Waals surface area contributed by atoms with E-state index in [0.717, 1.165) is 18.0 Å². The molecule has 0 spiro atoms. The van der Waals surface area contributed by atoms with Crippen molar-refractivity contribution in [1.29, 1.82) is 0 Å². The molecule has 1 aliphatic rings. The van der Waals surface area contributed by atoms with E-state index >= 15 is 0 Å². The fraction of sp³-hybridized carbons (Fsp3) is 0.364. The van der Waals surface area contributed by atoms with Gasteiger partial charge in [0.05, 0.1) is 0 Å². The molecule has 7 nitrogen and oxygen atoms in total. The Morgan fingerprint density at radius 1 is 1.53 bits per heavy atom. The van der Waals surface area contributed by atoms with Crippen LogP contribution in [0, 0.1) is 0 Å². The number of carboxylic acid groups (broad SMARTS) is 1. The molecule has 1 unspecified atom stereocenters. The lowest BCUT2D eigenvalue weighted by molar-refractivity contribution is -0.117. The summed E-state index contributed by atoms with van der Waals surface area (Å²) in [6.45, 7) is 1.71. The van der Waals surface area contributed by atoms with E-state index in [0.29, 0.717) is 0 Å². The van der Waals surface area contributed by atoms with Crippen molar-refractivity contribution in [2.45, 2.75) is 18.6 Å². The maximum atomic E-state index is 11.9. The molecule has 2 rings (SSSR count). The summed E-state index contributed by atoms with van der Waals surface area (Å²) in [7, 11) is 0. The zero-order chi connectivity index (χ0) is 14.0. The second-order valence-electron chi connectivity index (χ2n) is 4.01. The molecule has 0 aliphatic carbocycles. The number of hydrogen-bond donors (Lipinski definition) is 1. The highest BCUT2D eigenvalue weighted by Gasteiger charge is 2.34. The molecule has 1 saturated heterocycles. The van der Waals surface area contributed by atoms with Crippen molar-refractivity contribution in [3.05, 3.63) is 18.1 Å². The molecule has 0 saturated carbocycles. The van der Waals surface area contributed by atoms with Crippen LogP contribution >= 0.6 is 11.8 Å². The molecule has 1 fully saturated rings.